The van der Waals surface area contributed by atoms with Crippen LogP contribution in [0.5, 0.6) is 0 Å². The molecule has 0 bridgehead atoms. The van der Waals surface area contributed by atoms with Crippen LogP contribution < -0.4 is 0 Å². The minimum absolute atomic E-state index is 0.0307. The van der Waals surface area contributed by atoms with Crippen molar-refractivity contribution in [1.29, 1.82) is 0 Å². The largest absolute Gasteiger partial charge is 0.480 e. The van der Waals surface area contributed by atoms with Crippen LogP contribution >= 0.6 is 0 Å². The predicted molar refractivity (Wildman–Crippen MR) is 77.4 cm³/mol. The van der Waals surface area contributed by atoms with Crippen LogP contribution in [0.1, 0.15) is 71.1 Å². The van der Waals surface area contributed by atoms with Crippen LogP contribution in [0.3, 0.4) is 0 Å². The highest BCUT2D eigenvalue weighted by Gasteiger charge is 2.45. The molecule has 1 saturated heterocycles. The number of hydrogen-bond donors (Lipinski definition) is 1. The lowest BCUT2D eigenvalue weighted by molar-refractivity contribution is -0.155. The Kier molecular flexibility index (Phi) is 5.06. The molecule has 1 heterocycles. The van der Waals surface area contributed by atoms with Crippen molar-refractivity contribution in [3.63, 3.8) is 0 Å². The van der Waals surface area contributed by atoms with Gasteiger partial charge in [0.05, 0.1) is 0 Å². The molecule has 20 heavy (non-hydrogen) atoms. The topological polar surface area (TPSA) is 57.6 Å². The van der Waals surface area contributed by atoms with Gasteiger partial charge in [0, 0.05) is 13.0 Å². The Labute approximate surface area is 121 Å². The fourth-order valence-electron chi connectivity index (χ4n) is 3.74. The van der Waals surface area contributed by atoms with Crippen molar-refractivity contribution in [2.75, 3.05) is 6.54 Å². The van der Waals surface area contributed by atoms with Crippen molar-refractivity contribution in [3.05, 3.63) is 0 Å². The maximum atomic E-state index is 12.3. The van der Waals surface area contributed by atoms with Gasteiger partial charge in [0.25, 0.3) is 0 Å². The number of carbonyl (C=O) groups excluding carboxylic acids is 1. The molecular weight excluding hydrogens is 254 g/mol. The van der Waals surface area contributed by atoms with Crippen molar-refractivity contribution in [2.24, 2.45) is 5.92 Å². The Balaban J connectivity index is 1.78. The molecule has 1 aliphatic carbocycles. The van der Waals surface area contributed by atoms with Crippen LogP contribution in [-0.4, -0.2) is 34.0 Å². The Morgan fingerprint density at radius 2 is 1.90 bits per heavy atom. The maximum Gasteiger partial charge on any atom is 0.329 e. The molecule has 114 valence electrons. The fourth-order valence-corrected chi connectivity index (χ4v) is 3.74. The van der Waals surface area contributed by atoms with Crippen LogP contribution in [-0.2, 0) is 9.59 Å². The normalized spacial score (nSPS) is 27.8. The molecule has 2 rings (SSSR count). The third-order valence-electron chi connectivity index (χ3n) is 5.13. The fraction of sp³-hybridized carbons (Fsp3) is 0.875. The quantitative estimate of drug-likeness (QED) is 0.842. The van der Waals surface area contributed by atoms with E-state index in [1.165, 1.54) is 32.1 Å². The first kappa shape index (κ1) is 15.3. The number of aliphatic carboxylic acids is 1. The van der Waals surface area contributed by atoms with E-state index in [2.05, 4.69) is 0 Å². The van der Waals surface area contributed by atoms with Gasteiger partial charge in [-0.3, -0.25) is 4.79 Å². The summed E-state index contributed by atoms with van der Waals surface area (Å²) in [6.07, 6.45) is 10.6. The summed E-state index contributed by atoms with van der Waals surface area (Å²) < 4.78 is 0. The van der Waals surface area contributed by atoms with Crippen LogP contribution in [0, 0.1) is 5.92 Å². The van der Waals surface area contributed by atoms with Crippen LogP contribution in [0.2, 0.25) is 0 Å². The first-order chi connectivity index (χ1) is 9.54. The minimum atomic E-state index is -0.970. The van der Waals surface area contributed by atoms with Gasteiger partial charge in [-0.1, -0.05) is 32.1 Å². The standard InChI is InChI=1S/C16H27NO3/c1-16(15(19)20)11-6-12-17(16)14(18)10-5-9-13-7-3-2-4-8-13/h13H,2-12H2,1H3,(H,19,20). The second kappa shape index (κ2) is 6.59. The minimum Gasteiger partial charge on any atom is -0.480 e. The molecule has 0 spiro atoms. The van der Waals surface area contributed by atoms with Gasteiger partial charge in [-0.2, -0.15) is 0 Å². The Morgan fingerprint density at radius 3 is 2.55 bits per heavy atom. The zero-order valence-corrected chi connectivity index (χ0v) is 12.6. The highest BCUT2D eigenvalue weighted by molar-refractivity contribution is 5.87. The second-order valence-corrected chi connectivity index (χ2v) is 6.62. The summed E-state index contributed by atoms with van der Waals surface area (Å²) >= 11 is 0. The van der Waals surface area contributed by atoms with E-state index in [9.17, 15) is 14.7 Å². The zero-order chi connectivity index (χ0) is 14.6. The molecule has 2 fully saturated rings. The summed E-state index contributed by atoms with van der Waals surface area (Å²) in [5, 5.41) is 9.33. The average molecular weight is 281 g/mol. The summed E-state index contributed by atoms with van der Waals surface area (Å²) in [7, 11) is 0. The van der Waals surface area contributed by atoms with E-state index < -0.39 is 11.5 Å². The van der Waals surface area contributed by atoms with Crippen molar-refractivity contribution < 1.29 is 14.7 Å². The summed E-state index contributed by atoms with van der Waals surface area (Å²) in [5.41, 5.74) is -0.970. The highest BCUT2D eigenvalue weighted by atomic mass is 16.4. The van der Waals surface area contributed by atoms with Gasteiger partial charge in [-0.25, -0.2) is 4.79 Å². The van der Waals surface area contributed by atoms with Gasteiger partial charge in [-0.05, 0) is 38.5 Å². The molecule has 0 aromatic carbocycles. The van der Waals surface area contributed by atoms with Crippen LogP contribution in [0.15, 0.2) is 0 Å². The molecular formula is C16H27NO3. The molecule has 0 radical (unpaired) electrons. The van der Waals surface area contributed by atoms with Crippen molar-refractivity contribution >= 4 is 11.9 Å². The number of carbonyl (C=O) groups is 2. The monoisotopic (exact) mass is 281 g/mol. The van der Waals surface area contributed by atoms with E-state index in [1.807, 2.05) is 0 Å². The molecule has 0 aromatic heterocycles. The lowest BCUT2D eigenvalue weighted by Crippen LogP contribution is -2.50. The predicted octanol–water partition coefficient (Wildman–Crippen LogP) is 3.20. The Bertz CT molecular complexity index is 363. The lowest BCUT2D eigenvalue weighted by Gasteiger charge is -2.31. The number of carboxylic acid groups (broad SMARTS) is 1. The van der Waals surface area contributed by atoms with Crippen molar-refractivity contribution in [3.8, 4) is 0 Å². The Morgan fingerprint density at radius 1 is 1.20 bits per heavy atom. The van der Waals surface area contributed by atoms with Gasteiger partial charge in [0.1, 0.15) is 5.54 Å². The molecule has 1 amide bonds. The van der Waals surface area contributed by atoms with Gasteiger partial charge >= 0.3 is 5.97 Å². The number of carboxylic acids is 1. The smallest absolute Gasteiger partial charge is 0.329 e. The molecule has 4 heteroatoms. The second-order valence-electron chi connectivity index (χ2n) is 6.62. The van der Waals surface area contributed by atoms with Crippen LogP contribution in [0.25, 0.3) is 0 Å². The van der Waals surface area contributed by atoms with E-state index in [0.717, 1.165) is 25.2 Å². The molecule has 2 aliphatic rings. The van der Waals surface area contributed by atoms with E-state index >= 15 is 0 Å². The molecule has 1 N–H and O–H groups in total. The number of likely N-dealkylation sites (tertiary alicyclic amines) is 1. The molecule has 4 nitrogen and oxygen atoms in total. The lowest BCUT2D eigenvalue weighted by atomic mass is 9.86. The highest BCUT2D eigenvalue weighted by Crippen LogP contribution is 2.31. The molecule has 1 unspecified atom stereocenters. The maximum absolute atomic E-state index is 12.3. The summed E-state index contributed by atoms with van der Waals surface area (Å²) in [6, 6.07) is 0. The van der Waals surface area contributed by atoms with Crippen LogP contribution in [0.4, 0.5) is 0 Å². The number of nitrogens with zero attached hydrogens (tertiary/aromatic N) is 1. The zero-order valence-electron chi connectivity index (χ0n) is 12.6. The van der Waals surface area contributed by atoms with Gasteiger partial charge in [0.15, 0.2) is 0 Å². The van der Waals surface area contributed by atoms with Gasteiger partial charge in [0.2, 0.25) is 5.91 Å². The van der Waals surface area contributed by atoms with E-state index in [-0.39, 0.29) is 5.91 Å². The third-order valence-corrected chi connectivity index (χ3v) is 5.13. The number of hydrogen-bond acceptors (Lipinski definition) is 2. The van der Waals surface area contributed by atoms with Gasteiger partial charge in [-0.15, -0.1) is 0 Å². The van der Waals surface area contributed by atoms with Crippen molar-refractivity contribution in [1.82, 2.24) is 4.90 Å². The number of rotatable bonds is 5. The van der Waals surface area contributed by atoms with E-state index in [0.29, 0.717) is 19.4 Å². The number of amides is 1. The van der Waals surface area contributed by atoms with Crippen molar-refractivity contribution in [2.45, 2.75) is 76.7 Å². The Hall–Kier alpha value is -1.06. The molecule has 1 saturated carbocycles. The van der Waals surface area contributed by atoms with E-state index in [1.54, 1.807) is 11.8 Å². The van der Waals surface area contributed by atoms with Gasteiger partial charge < -0.3 is 10.0 Å². The average Bonchev–Trinajstić information content (AvgIpc) is 2.83. The first-order valence-electron chi connectivity index (χ1n) is 8.08. The molecule has 0 aromatic rings. The summed E-state index contributed by atoms with van der Waals surface area (Å²) in [4.78, 5) is 25.2. The molecule has 1 atom stereocenters. The molecule has 1 aliphatic heterocycles. The summed E-state index contributed by atoms with van der Waals surface area (Å²) in [6.45, 7) is 2.28. The SMILES string of the molecule is CC1(C(=O)O)CCCN1C(=O)CCCC1CCCCC1. The van der Waals surface area contributed by atoms with E-state index in [4.69, 9.17) is 0 Å². The first-order valence-corrected chi connectivity index (χ1v) is 8.08. The summed E-state index contributed by atoms with van der Waals surface area (Å²) in [5.74, 6) is -0.0418. The third kappa shape index (κ3) is 3.33.